The first-order valence-corrected chi connectivity index (χ1v) is 12.4. The summed E-state index contributed by atoms with van der Waals surface area (Å²) in [6.07, 6.45) is 5.68. The molecule has 2 atom stereocenters. The lowest BCUT2D eigenvalue weighted by Gasteiger charge is -2.33. The van der Waals surface area contributed by atoms with E-state index in [0.717, 1.165) is 42.7 Å². The molecule has 0 spiro atoms. The number of hydrogen-bond donors (Lipinski definition) is 2. The minimum atomic E-state index is -0.146. The van der Waals surface area contributed by atoms with Gasteiger partial charge in [-0.3, -0.25) is 4.79 Å². The van der Waals surface area contributed by atoms with Gasteiger partial charge in [-0.1, -0.05) is 6.92 Å². The van der Waals surface area contributed by atoms with Crippen molar-refractivity contribution in [2.75, 3.05) is 45.4 Å². The van der Waals surface area contributed by atoms with Crippen LogP contribution in [0.4, 0.5) is 5.82 Å². The van der Waals surface area contributed by atoms with E-state index < -0.39 is 0 Å². The summed E-state index contributed by atoms with van der Waals surface area (Å²) in [7, 11) is 3.29. The maximum Gasteiger partial charge on any atom is 0.319 e. The van der Waals surface area contributed by atoms with E-state index in [1.54, 1.807) is 26.5 Å². The van der Waals surface area contributed by atoms with E-state index in [9.17, 15) is 9.90 Å². The van der Waals surface area contributed by atoms with Crippen LogP contribution in [0, 0.1) is 5.92 Å². The van der Waals surface area contributed by atoms with Crippen molar-refractivity contribution in [1.29, 1.82) is 0 Å². The van der Waals surface area contributed by atoms with Crippen LogP contribution in [-0.4, -0.2) is 77.5 Å². The van der Waals surface area contributed by atoms with E-state index in [1.807, 2.05) is 26.1 Å². The molecule has 1 aliphatic rings. The smallest absolute Gasteiger partial charge is 0.319 e. The molecular weight excluding hydrogens is 462 g/mol. The summed E-state index contributed by atoms with van der Waals surface area (Å²) in [5, 5.41) is 10.4. The van der Waals surface area contributed by atoms with Gasteiger partial charge in [0.25, 0.3) is 0 Å². The Balaban J connectivity index is 1.53. The molecule has 0 radical (unpaired) electrons. The summed E-state index contributed by atoms with van der Waals surface area (Å²) in [4.78, 5) is 31.7. The van der Waals surface area contributed by atoms with Crippen LogP contribution in [0.15, 0.2) is 24.5 Å². The number of aliphatic hydroxyl groups is 1. The van der Waals surface area contributed by atoms with Crippen molar-refractivity contribution in [1.82, 2.24) is 19.9 Å². The number of H-pyrrole nitrogens is 1. The molecule has 0 aliphatic carbocycles. The summed E-state index contributed by atoms with van der Waals surface area (Å²) in [6, 6.07) is 3.78. The van der Waals surface area contributed by atoms with Crippen LogP contribution in [0.3, 0.4) is 0 Å². The summed E-state index contributed by atoms with van der Waals surface area (Å²) in [5.74, 6) is 1.55. The molecule has 0 aromatic carbocycles. The fourth-order valence-corrected chi connectivity index (χ4v) is 4.49. The fraction of sp³-hybridized carbons (Fsp3) is 0.538. The Morgan fingerprint density at radius 1 is 1.25 bits per heavy atom. The Kier molecular flexibility index (Phi) is 8.37. The molecule has 3 aromatic heterocycles. The molecule has 36 heavy (non-hydrogen) atoms. The van der Waals surface area contributed by atoms with E-state index in [2.05, 4.69) is 24.8 Å². The van der Waals surface area contributed by atoms with E-state index in [-0.39, 0.29) is 43.5 Å². The number of aliphatic hydroxyl groups excluding tert-OH is 1. The molecule has 1 aliphatic heterocycles. The van der Waals surface area contributed by atoms with Gasteiger partial charge in [-0.2, -0.15) is 9.97 Å². The number of nitrogens with zero attached hydrogens (tertiary/aromatic N) is 4. The number of methoxy groups -OCH3 is 2. The highest BCUT2D eigenvalue weighted by atomic mass is 16.5. The topological polar surface area (TPSA) is 123 Å². The van der Waals surface area contributed by atoms with Crippen LogP contribution in [0.25, 0.3) is 11.0 Å². The molecule has 4 heterocycles. The van der Waals surface area contributed by atoms with E-state index in [4.69, 9.17) is 14.2 Å². The lowest BCUT2D eigenvalue weighted by molar-refractivity contribution is 0.0678. The quantitative estimate of drug-likeness (QED) is 0.384. The van der Waals surface area contributed by atoms with E-state index in [0.29, 0.717) is 17.4 Å². The second kappa shape index (κ2) is 11.7. The molecular formula is C26H35N5O5. The maximum atomic E-state index is 12.9. The van der Waals surface area contributed by atoms with Crippen LogP contribution < -0.4 is 14.4 Å². The van der Waals surface area contributed by atoms with E-state index >= 15 is 0 Å². The predicted octanol–water partition coefficient (Wildman–Crippen LogP) is 3.36. The minimum absolute atomic E-state index is 0.0555. The van der Waals surface area contributed by atoms with Gasteiger partial charge < -0.3 is 29.2 Å². The zero-order chi connectivity index (χ0) is 25.7. The molecule has 194 valence electrons. The summed E-state index contributed by atoms with van der Waals surface area (Å²) in [5.41, 5.74) is 2.34. The van der Waals surface area contributed by atoms with Crippen molar-refractivity contribution in [3.8, 4) is 11.8 Å². The third-order valence-corrected chi connectivity index (χ3v) is 6.72. The number of ketones is 1. The van der Waals surface area contributed by atoms with Gasteiger partial charge in [-0.05, 0) is 43.2 Å². The van der Waals surface area contributed by atoms with Crippen molar-refractivity contribution in [2.45, 2.75) is 45.1 Å². The highest BCUT2D eigenvalue weighted by molar-refractivity contribution is 5.95. The van der Waals surface area contributed by atoms with Gasteiger partial charge in [0.05, 0.1) is 18.6 Å². The number of carbonyl (C=O) groups is 1. The second-order valence-corrected chi connectivity index (χ2v) is 9.41. The van der Waals surface area contributed by atoms with Gasteiger partial charge in [0.2, 0.25) is 0 Å². The Labute approximate surface area is 211 Å². The summed E-state index contributed by atoms with van der Waals surface area (Å²) >= 11 is 0. The van der Waals surface area contributed by atoms with Gasteiger partial charge in [0.15, 0.2) is 5.78 Å². The van der Waals surface area contributed by atoms with Crippen LogP contribution in [0.2, 0.25) is 0 Å². The third kappa shape index (κ3) is 5.76. The van der Waals surface area contributed by atoms with Crippen molar-refractivity contribution in [3.05, 3.63) is 35.8 Å². The van der Waals surface area contributed by atoms with Crippen molar-refractivity contribution in [2.24, 2.45) is 5.92 Å². The minimum Gasteiger partial charge on any atom is -0.496 e. The summed E-state index contributed by atoms with van der Waals surface area (Å²) in [6.45, 7) is 5.48. The zero-order valence-electron chi connectivity index (χ0n) is 21.4. The van der Waals surface area contributed by atoms with Gasteiger partial charge >= 0.3 is 6.01 Å². The van der Waals surface area contributed by atoms with E-state index in [1.165, 1.54) is 5.56 Å². The number of piperidine rings is 1. The molecule has 0 saturated carbocycles. The molecule has 1 saturated heterocycles. The molecule has 1 fully saturated rings. The number of pyridine rings is 1. The molecule has 10 nitrogen and oxygen atoms in total. The number of fused-ring (bicyclic) bond motifs is 1. The Morgan fingerprint density at radius 2 is 2.03 bits per heavy atom. The lowest BCUT2D eigenvalue weighted by atomic mass is 9.89. The molecule has 10 heteroatoms. The average molecular weight is 498 g/mol. The van der Waals surface area contributed by atoms with Gasteiger partial charge in [0, 0.05) is 51.7 Å². The Hall–Kier alpha value is -3.24. The normalized spacial score (nSPS) is 16.2. The SMILES string of the molecule is COc1ccnc2[nH]cc(C3CCN(c4cc(C(=O)C[C@@H](C)CO)nc(OC[C@H](C)OC)n4)CC3)c12. The monoisotopic (exact) mass is 497 g/mol. The Morgan fingerprint density at radius 3 is 2.72 bits per heavy atom. The first kappa shape index (κ1) is 25.8. The van der Waals surface area contributed by atoms with Crippen LogP contribution in [0.5, 0.6) is 11.8 Å². The van der Waals surface area contributed by atoms with Crippen molar-refractivity contribution >= 4 is 22.6 Å². The van der Waals surface area contributed by atoms with Crippen LogP contribution >= 0.6 is 0 Å². The highest BCUT2D eigenvalue weighted by Crippen LogP contribution is 2.37. The average Bonchev–Trinajstić information content (AvgIpc) is 3.36. The predicted molar refractivity (Wildman–Crippen MR) is 136 cm³/mol. The second-order valence-electron chi connectivity index (χ2n) is 9.41. The lowest BCUT2D eigenvalue weighted by Crippen LogP contribution is -2.34. The number of ether oxygens (including phenoxy) is 3. The van der Waals surface area contributed by atoms with Gasteiger partial charge in [0.1, 0.15) is 29.5 Å². The molecule has 0 bridgehead atoms. The number of nitrogens with one attached hydrogen (secondary N) is 1. The number of aromatic nitrogens is 4. The van der Waals surface area contributed by atoms with Gasteiger partial charge in [-0.15, -0.1) is 0 Å². The number of aromatic amines is 1. The van der Waals surface area contributed by atoms with Crippen LogP contribution in [-0.2, 0) is 4.74 Å². The van der Waals surface area contributed by atoms with Crippen molar-refractivity contribution < 1.29 is 24.1 Å². The molecule has 3 aromatic rings. The molecule has 0 unspecified atom stereocenters. The highest BCUT2D eigenvalue weighted by Gasteiger charge is 2.26. The zero-order valence-corrected chi connectivity index (χ0v) is 21.4. The first-order chi connectivity index (χ1) is 17.4. The molecule has 4 rings (SSSR count). The number of anilines is 1. The first-order valence-electron chi connectivity index (χ1n) is 12.4. The fourth-order valence-electron chi connectivity index (χ4n) is 4.49. The molecule has 2 N–H and O–H groups in total. The number of Topliss-reactive ketones (excluding diaryl/α,β-unsaturated/α-hetero) is 1. The number of rotatable bonds is 11. The molecule has 0 amide bonds. The van der Waals surface area contributed by atoms with Gasteiger partial charge in [-0.25, -0.2) is 4.98 Å². The number of hydrogen-bond acceptors (Lipinski definition) is 9. The third-order valence-electron chi connectivity index (χ3n) is 6.72. The van der Waals surface area contributed by atoms with Crippen LogP contribution in [0.1, 0.15) is 55.1 Å². The number of carbonyl (C=O) groups excluding carboxylic acids is 1. The maximum absolute atomic E-state index is 12.9. The van der Waals surface area contributed by atoms with Crippen molar-refractivity contribution in [3.63, 3.8) is 0 Å². The largest absolute Gasteiger partial charge is 0.496 e. The standard InChI is InChI=1S/C26H35N5O5/c1-16(14-32)11-21(33)20-12-23(30-26(29-20)36-15-17(2)34-3)31-9-6-18(7-10-31)19-13-28-25-24(19)22(35-4)5-8-27-25/h5,8,12-13,16-18,32H,6-7,9-11,14-15H2,1-4H3,(H,27,28)/t16-,17+/m1/s1. The summed E-state index contributed by atoms with van der Waals surface area (Å²) < 4.78 is 16.6. The Bertz CT molecular complexity index is 1170.